The maximum absolute atomic E-state index is 11.1. The van der Waals surface area contributed by atoms with E-state index < -0.39 is 0 Å². The Morgan fingerprint density at radius 1 is 1.17 bits per heavy atom. The van der Waals surface area contributed by atoms with Crippen molar-refractivity contribution in [3.63, 3.8) is 0 Å². The van der Waals surface area contributed by atoms with Gasteiger partial charge in [0.05, 0.1) is 12.2 Å². The van der Waals surface area contributed by atoms with Gasteiger partial charge in [0.1, 0.15) is 0 Å². The Morgan fingerprint density at radius 2 is 1.93 bits per heavy atom. The van der Waals surface area contributed by atoms with Crippen LogP contribution in [0.25, 0.3) is 0 Å². The van der Waals surface area contributed by atoms with Crippen LogP contribution in [-0.4, -0.2) is 22.4 Å². The summed E-state index contributed by atoms with van der Waals surface area (Å²) in [7, 11) is 0. The van der Waals surface area contributed by atoms with Gasteiger partial charge in [-0.15, -0.1) is 0 Å². The van der Waals surface area contributed by atoms with Gasteiger partial charge < -0.3 is 10.2 Å². The van der Waals surface area contributed by atoms with Crippen LogP contribution in [0.3, 0.4) is 0 Å². The topological polar surface area (TPSA) is 40.5 Å². The first-order chi connectivity index (χ1) is 13.7. The Morgan fingerprint density at radius 3 is 2.66 bits per heavy atom. The molecular weight excluding hydrogens is 356 g/mol. The third-order valence-electron chi connectivity index (χ3n) is 10.1. The van der Waals surface area contributed by atoms with Crippen molar-refractivity contribution in [2.75, 3.05) is 0 Å². The third kappa shape index (κ3) is 3.47. The molecule has 4 aliphatic carbocycles. The summed E-state index contributed by atoms with van der Waals surface area (Å²) in [5.41, 5.74) is 3.18. The molecule has 29 heavy (non-hydrogen) atoms. The molecule has 0 radical (unpaired) electrons. The highest BCUT2D eigenvalue weighted by atomic mass is 16.3. The normalized spacial score (nSPS) is 47.5. The van der Waals surface area contributed by atoms with Crippen molar-refractivity contribution in [1.82, 2.24) is 0 Å². The Labute approximate surface area is 178 Å². The van der Waals surface area contributed by atoms with Crippen molar-refractivity contribution in [1.29, 1.82) is 0 Å². The van der Waals surface area contributed by atoms with E-state index in [0.717, 1.165) is 30.1 Å². The Hall–Kier alpha value is -0.600. The standard InChI is InChI=1S/C27H44O2/c1-17(2)7-6-8-18(3)22-11-12-23-21-10-9-19-15-20(28)16-25(29)27(19,5)24(21)13-14-26(22,23)4/h7,9,18,20-25,28-29H,6,8,10-16H2,1-5H3/t18-,20?,21+,22-,23+,24+,25+,26-,27+/m1/s1. The molecule has 0 aliphatic heterocycles. The number of aliphatic hydroxyl groups is 2. The molecule has 0 spiro atoms. The van der Waals surface area contributed by atoms with E-state index in [4.69, 9.17) is 0 Å². The van der Waals surface area contributed by atoms with Crippen LogP contribution in [-0.2, 0) is 0 Å². The van der Waals surface area contributed by atoms with Gasteiger partial charge in [0.2, 0.25) is 0 Å². The molecule has 0 bridgehead atoms. The molecular formula is C27H44O2. The lowest BCUT2D eigenvalue weighted by Crippen LogP contribution is -2.55. The van der Waals surface area contributed by atoms with Gasteiger partial charge >= 0.3 is 0 Å². The molecule has 3 fully saturated rings. The van der Waals surface area contributed by atoms with Gasteiger partial charge in [-0.05, 0) is 100 Å². The van der Waals surface area contributed by atoms with Crippen molar-refractivity contribution in [3.8, 4) is 0 Å². The summed E-state index contributed by atoms with van der Waals surface area (Å²) < 4.78 is 0. The lowest BCUT2D eigenvalue weighted by molar-refractivity contribution is -0.108. The lowest BCUT2D eigenvalue weighted by Gasteiger charge is -2.59. The number of aliphatic hydroxyl groups excluding tert-OH is 2. The zero-order valence-corrected chi connectivity index (χ0v) is 19.5. The Balaban J connectivity index is 1.54. The first-order valence-electron chi connectivity index (χ1n) is 12.4. The molecule has 9 atom stereocenters. The van der Waals surface area contributed by atoms with Crippen molar-refractivity contribution < 1.29 is 10.2 Å². The van der Waals surface area contributed by atoms with E-state index in [1.165, 1.54) is 56.1 Å². The lowest BCUT2D eigenvalue weighted by atomic mass is 9.46. The second kappa shape index (κ2) is 7.83. The molecule has 0 aromatic carbocycles. The van der Waals surface area contributed by atoms with Crippen molar-refractivity contribution in [2.45, 2.75) is 105 Å². The molecule has 4 aliphatic rings. The fourth-order valence-electron chi connectivity index (χ4n) is 8.51. The predicted molar refractivity (Wildman–Crippen MR) is 120 cm³/mol. The summed E-state index contributed by atoms with van der Waals surface area (Å²) in [6.45, 7) is 11.9. The summed E-state index contributed by atoms with van der Waals surface area (Å²) in [6.07, 6.45) is 14.5. The van der Waals surface area contributed by atoms with Crippen LogP contribution >= 0.6 is 0 Å². The molecule has 2 N–H and O–H groups in total. The van der Waals surface area contributed by atoms with Crippen molar-refractivity contribution in [3.05, 3.63) is 23.3 Å². The van der Waals surface area contributed by atoms with Gasteiger partial charge in [-0.3, -0.25) is 0 Å². The SMILES string of the molecule is CC(C)=CCC[C@@H](C)[C@H]1CC[C@H]2[C@@H]3CC=C4CC(O)C[C@H](O)[C@]4(C)[C@H]3CC[C@]12C. The second-order valence-corrected chi connectivity index (χ2v) is 11.8. The number of allylic oxidation sites excluding steroid dienone is 3. The summed E-state index contributed by atoms with van der Waals surface area (Å²) >= 11 is 0. The molecule has 1 unspecified atom stereocenters. The van der Waals surface area contributed by atoms with Crippen LogP contribution in [0.1, 0.15) is 92.4 Å². The zero-order chi connectivity index (χ0) is 21.0. The summed E-state index contributed by atoms with van der Waals surface area (Å²) in [5, 5.41) is 21.3. The molecule has 0 heterocycles. The predicted octanol–water partition coefficient (Wildman–Crippen LogP) is 6.28. The summed E-state index contributed by atoms with van der Waals surface area (Å²) in [6, 6.07) is 0. The van der Waals surface area contributed by atoms with E-state index in [9.17, 15) is 10.2 Å². The van der Waals surface area contributed by atoms with Crippen LogP contribution in [0.5, 0.6) is 0 Å². The van der Waals surface area contributed by atoms with Gasteiger partial charge in [0.15, 0.2) is 0 Å². The largest absolute Gasteiger partial charge is 0.393 e. The van der Waals surface area contributed by atoms with Crippen LogP contribution in [0.2, 0.25) is 0 Å². The highest BCUT2D eigenvalue weighted by molar-refractivity contribution is 5.27. The maximum Gasteiger partial charge on any atom is 0.0658 e. The molecule has 0 saturated heterocycles. The maximum atomic E-state index is 11.1. The minimum Gasteiger partial charge on any atom is -0.393 e. The first-order valence-corrected chi connectivity index (χ1v) is 12.4. The van der Waals surface area contributed by atoms with Crippen LogP contribution in [0.4, 0.5) is 0 Å². The molecule has 4 rings (SSSR count). The monoisotopic (exact) mass is 400 g/mol. The van der Waals surface area contributed by atoms with E-state index in [0.29, 0.717) is 17.8 Å². The fourth-order valence-corrected chi connectivity index (χ4v) is 8.51. The first kappa shape index (κ1) is 21.6. The molecule has 0 aromatic heterocycles. The number of hydrogen-bond donors (Lipinski definition) is 2. The zero-order valence-electron chi connectivity index (χ0n) is 19.5. The second-order valence-electron chi connectivity index (χ2n) is 11.8. The summed E-state index contributed by atoms with van der Waals surface area (Å²) in [5.74, 6) is 3.80. The molecule has 2 nitrogen and oxygen atoms in total. The summed E-state index contributed by atoms with van der Waals surface area (Å²) in [4.78, 5) is 0. The van der Waals surface area contributed by atoms with Crippen LogP contribution in [0.15, 0.2) is 23.3 Å². The minimum absolute atomic E-state index is 0.101. The van der Waals surface area contributed by atoms with E-state index in [2.05, 4.69) is 46.8 Å². The Bertz CT molecular complexity index is 674. The molecule has 2 heteroatoms. The number of rotatable bonds is 4. The van der Waals surface area contributed by atoms with Gasteiger partial charge in [-0.25, -0.2) is 0 Å². The van der Waals surface area contributed by atoms with E-state index in [1.54, 1.807) is 0 Å². The van der Waals surface area contributed by atoms with Gasteiger partial charge in [0.25, 0.3) is 0 Å². The number of fused-ring (bicyclic) bond motifs is 5. The average Bonchev–Trinajstić information content (AvgIpc) is 3.00. The van der Waals surface area contributed by atoms with Crippen LogP contribution in [0, 0.1) is 40.4 Å². The molecule has 0 aromatic rings. The Kier molecular flexibility index (Phi) is 5.84. The van der Waals surface area contributed by atoms with Gasteiger partial charge in [-0.1, -0.05) is 44.1 Å². The highest BCUT2D eigenvalue weighted by Crippen LogP contribution is 2.67. The van der Waals surface area contributed by atoms with E-state index in [1.807, 2.05) is 0 Å². The highest BCUT2D eigenvalue weighted by Gasteiger charge is 2.60. The quantitative estimate of drug-likeness (QED) is 0.545. The van der Waals surface area contributed by atoms with Crippen molar-refractivity contribution >= 4 is 0 Å². The van der Waals surface area contributed by atoms with E-state index in [-0.39, 0.29) is 17.6 Å². The smallest absolute Gasteiger partial charge is 0.0658 e. The molecule has 0 amide bonds. The van der Waals surface area contributed by atoms with Gasteiger partial charge in [-0.2, -0.15) is 0 Å². The molecule has 164 valence electrons. The van der Waals surface area contributed by atoms with Crippen LogP contribution < -0.4 is 0 Å². The van der Waals surface area contributed by atoms with Crippen molar-refractivity contribution in [2.24, 2.45) is 40.4 Å². The van der Waals surface area contributed by atoms with Gasteiger partial charge in [0, 0.05) is 11.8 Å². The molecule has 3 saturated carbocycles. The number of hydrogen-bond acceptors (Lipinski definition) is 2. The third-order valence-corrected chi connectivity index (χ3v) is 10.1. The minimum atomic E-state index is -0.380. The fraction of sp³-hybridized carbons (Fsp3) is 0.852. The van der Waals surface area contributed by atoms with E-state index >= 15 is 0 Å². The average molecular weight is 401 g/mol.